The van der Waals surface area contributed by atoms with Crippen LogP contribution >= 0.6 is 11.8 Å². The van der Waals surface area contributed by atoms with Gasteiger partial charge in [0.05, 0.1) is 24.2 Å². The van der Waals surface area contributed by atoms with Crippen LogP contribution in [0.25, 0.3) is 0 Å². The van der Waals surface area contributed by atoms with Crippen LogP contribution in [0.1, 0.15) is 144 Å². The molecule has 5 saturated carbocycles. The van der Waals surface area contributed by atoms with Crippen LogP contribution in [0, 0.1) is 56.7 Å². The van der Waals surface area contributed by atoms with Gasteiger partial charge in [0.1, 0.15) is 0 Å². The van der Waals surface area contributed by atoms with E-state index >= 15 is 0 Å². The summed E-state index contributed by atoms with van der Waals surface area (Å²) in [6.45, 7) is 19.3. The molecule has 0 aromatic carbocycles. The Bertz CT molecular complexity index is 1370. The first kappa shape index (κ1) is 43.5. The topological polar surface area (TPSA) is 156 Å². The van der Waals surface area contributed by atoms with E-state index in [1.807, 2.05) is 0 Å². The molecule has 0 heterocycles. The summed E-state index contributed by atoms with van der Waals surface area (Å²) >= 11 is 1.76. The summed E-state index contributed by atoms with van der Waals surface area (Å²) in [7, 11) is 0. The monoisotopic (exact) mass is 775 g/mol. The predicted molar refractivity (Wildman–Crippen MR) is 216 cm³/mol. The molecule has 5 aliphatic carbocycles. The van der Waals surface area contributed by atoms with Crippen LogP contribution in [0.15, 0.2) is 12.2 Å². The Morgan fingerprint density at radius 1 is 0.852 bits per heavy atom. The van der Waals surface area contributed by atoms with Gasteiger partial charge < -0.3 is 31.1 Å². The number of fused-ring (bicyclic) bond motifs is 7. The summed E-state index contributed by atoms with van der Waals surface area (Å²) in [6.07, 6.45) is 13.7. The maximum Gasteiger partial charge on any atom is 0.328 e. The number of aliphatic hydroxyl groups is 3. The lowest BCUT2D eigenvalue weighted by Gasteiger charge is -2.72. The highest BCUT2D eigenvalue weighted by Crippen LogP contribution is 2.77. The Kier molecular flexibility index (Phi) is 13.8. The third-order valence-electron chi connectivity index (χ3n) is 16.8. The number of unbranched alkanes of at least 4 members (excludes halogenated alkanes) is 4. The summed E-state index contributed by atoms with van der Waals surface area (Å²) in [5.41, 5.74) is 1.31. The van der Waals surface area contributed by atoms with Crippen LogP contribution in [-0.4, -0.2) is 81.1 Å². The molecule has 5 aliphatic rings. The number of thioether (sulfide) groups is 1. The molecular weight excluding hydrogens is 701 g/mol. The molecule has 0 aromatic rings. The highest BCUT2D eigenvalue weighted by Gasteiger charge is 2.72. The fourth-order valence-electron chi connectivity index (χ4n) is 13.8. The van der Waals surface area contributed by atoms with Gasteiger partial charge in [-0.05, 0) is 135 Å². The van der Waals surface area contributed by atoms with Gasteiger partial charge in [0.15, 0.2) is 6.04 Å². The molecule has 0 bridgehead atoms. The average Bonchev–Trinajstić information content (AvgIpc) is 3.51. The summed E-state index contributed by atoms with van der Waals surface area (Å²) in [4.78, 5) is 38.0. The molecule has 9 nitrogen and oxygen atoms in total. The number of nitrogens with one attached hydrogen (secondary N) is 2. The molecule has 6 N–H and O–H groups in total. The Labute approximate surface area is 330 Å². The lowest BCUT2D eigenvalue weighted by Crippen LogP contribution is -2.67. The Morgan fingerprint density at radius 3 is 2.24 bits per heavy atom. The van der Waals surface area contributed by atoms with Gasteiger partial charge in [-0.3, -0.25) is 9.59 Å². The lowest BCUT2D eigenvalue weighted by molar-refractivity contribution is -0.246. The van der Waals surface area contributed by atoms with Crippen LogP contribution < -0.4 is 10.6 Å². The largest absolute Gasteiger partial charge is 0.480 e. The number of hydrogen-bond donors (Lipinski definition) is 6. The van der Waals surface area contributed by atoms with E-state index in [0.717, 1.165) is 76.4 Å². The molecule has 12 atom stereocenters. The quantitative estimate of drug-likeness (QED) is 0.0675. The Morgan fingerprint density at radius 2 is 1.56 bits per heavy atom. The average molecular weight is 775 g/mol. The van der Waals surface area contributed by atoms with Gasteiger partial charge in [-0.15, -0.1) is 0 Å². The minimum Gasteiger partial charge on any atom is -0.480 e. The Hall–Kier alpha value is -1.62. The van der Waals surface area contributed by atoms with Crippen LogP contribution in [0.4, 0.5) is 0 Å². The number of amides is 2. The number of carboxylic acid groups (broad SMARTS) is 1. The maximum absolute atomic E-state index is 14.6. The molecule has 0 spiro atoms. The molecule has 0 saturated heterocycles. The van der Waals surface area contributed by atoms with Crippen LogP contribution in [0.2, 0.25) is 0 Å². The number of rotatable bonds is 17. The maximum atomic E-state index is 14.6. The van der Waals surface area contributed by atoms with Crippen LogP contribution in [0.5, 0.6) is 0 Å². The van der Waals surface area contributed by atoms with Crippen molar-refractivity contribution in [3.8, 4) is 0 Å². The summed E-state index contributed by atoms with van der Waals surface area (Å²) in [6, 6.07) is -1.29. The van der Waals surface area contributed by atoms with Gasteiger partial charge in [0, 0.05) is 24.5 Å². The zero-order chi connectivity index (χ0) is 39.7. The molecule has 308 valence electrons. The predicted octanol–water partition coefficient (Wildman–Crippen LogP) is 7.12. The Balaban J connectivity index is 1.24. The second kappa shape index (κ2) is 17.1. The standard InChI is InChI=1S/C44H74N2O7S/c1-28(27-54-26-25-47)30-16-21-44(39(53)45-24-12-10-8-9-11-13-35(50)46-37(29(2)48)38(51)52)23-22-42(6)31(36(30)44)14-15-33-41(5)19-18-34(49)40(3,4)32(41)17-20-43(33,42)7/h29-34,36-37,47-49H,1,8-27H2,2-7H3,(H,45,53)(H,46,50)(H,51,52)/t29-,30+,31-,32+,33?,34+,36-,37+,41+,42-,43-,44+/m1/s1. The molecule has 0 aliphatic heterocycles. The van der Waals surface area contributed by atoms with Crippen molar-refractivity contribution in [2.24, 2.45) is 56.7 Å². The zero-order valence-electron chi connectivity index (χ0n) is 34.4. The van der Waals surface area contributed by atoms with Crippen LogP contribution in [0.3, 0.4) is 0 Å². The van der Waals surface area contributed by atoms with E-state index in [0.29, 0.717) is 42.4 Å². The zero-order valence-corrected chi connectivity index (χ0v) is 35.2. The van der Waals surface area contributed by atoms with Crippen molar-refractivity contribution in [2.75, 3.05) is 24.7 Å². The summed E-state index contributed by atoms with van der Waals surface area (Å²) in [5, 5.41) is 45.3. The van der Waals surface area contributed by atoms with Gasteiger partial charge in [0.25, 0.3) is 0 Å². The second-order valence-corrected chi connectivity index (χ2v) is 20.8. The number of hydrogen-bond acceptors (Lipinski definition) is 7. The SMILES string of the molecule is C=C(CSCCO)[C@@H]1CC[C@]2(C(=O)NCCCCCCCC(=O)N[C@H](C(=O)O)[C@@H](C)O)CC[C@]3(C)[C@H](CCC4[C@@]5(C)CC[C@H](O)C(C)(C)[C@@H]5CC[C@]43C)[C@@H]12. The van der Waals surface area contributed by atoms with E-state index in [1.54, 1.807) is 11.8 Å². The van der Waals surface area contributed by atoms with Gasteiger partial charge in [0.2, 0.25) is 11.8 Å². The number of aliphatic carboxylic acids is 1. The van der Waals surface area contributed by atoms with Crippen molar-refractivity contribution in [1.29, 1.82) is 0 Å². The van der Waals surface area contributed by atoms with E-state index in [4.69, 9.17) is 0 Å². The van der Waals surface area contributed by atoms with E-state index in [-0.39, 0.29) is 63.9 Å². The van der Waals surface area contributed by atoms with Gasteiger partial charge in [-0.2, -0.15) is 11.8 Å². The third-order valence-corrected chi connectivity index (χ3v) is 17.9. The van der Waals surface area contributed by atoms with Crippen molar-refractivity contribution >= 4 is 29.5 Å². The first-order valence-corrected chi connectivity index (χ1v) is 22.6. The third kappa shape index (κ3) is 7.81. The van der Waals surface area contributed by atoms with Crippen molar-refractivity contribution in [3.63, 3.8) is 0 Å². The molecule has 54 heavy (non-hydrogen) atoms. The molecule has 0 aromatic heterocycles. The smallest absolute Gasteiger partial charge is 0.328 e. The van der Waals surface area contributed by atoms with Gasteiger partial charge in [-0.1, -0.05) is 66.0 Å². The number of aliphatic hydroxyl groups excluding tert-OH is 3. The molecule has 10 heteroatoms. The number of carbonyl (C=O) groups is 3. The second-order valence-electron chi connectivity index (χ2n) is 19.7. The molecule has 1 unspecified atom stereocenters. The van der Waals surface area contributed by atoms with Crippen molar-refractivity contribution in [3.05, 3.63) is 12.2 Å². The summed E-state index contributed by atoms with van der Waals surface area (Å²) < 4.78 is 0. The van der Waals surface area contributed by atoms with Crippen molar-refractivity contribution in [2.45, 2.75) is 163 Å². The number of carbonyl (C=O) groups excluding carboxylic acids is 2. The number of carboxylic acids is 1. The van der Waals surface area contributed by atoms with E-state index in [9.17, 15) is 34.8 Å². The fourth-order valence-corrected chi connectivity index (χ4v) is 14.5. The fraction of sp³-hybridized carbons (Fsp3) is 0.886. The molecule has 5 rings (SSSR count). The molecular formula is C44H74N2O7S. The lowest BCUT2D eigenvalue weighted by atomic mass is 9.32. The molecule has 5 fully saturated rings. The minimum atomic E-state index is -1.29. The van der Waals surface area contributed by atoms with E-state index in [1.165, 1.54) is 31.8 Å². The first-order chi connectivity index (χ1) is 25.4. The highest BCUT2D eigenvalue weighted by atomic mass is 32.2. The van der Waals surface area contributed by atoms with E-state index < -0.39 is 18.1 Å². The van der Waals surface area contributed by atoms with Gasteiger partial charge >= 0.3 is 5.97 Å². The van der Waals surface area contributed by atoms with Crippen molar-refractivity contribution < 1.29 is 34.8 Å². The first-order valence-electron chi connectivity index (χ1n) is 21.4. The van der Waals surface area contributed by atoms with Crippen LogP contribution in [-0.2, 0) is 14.4 Å². The minimum absolute atomic E-state index is 0.0734. The van der Waals surface area contributed by atoms with Gasteiger partial charge in [-0.25, -0.2) is 4.79 Å². The van der Waals surface area contributed by atoms with E-state index in [2.05, 4.69) is 51.8 Å². The van der Waals surface area contributed by atoms with Crippen molar-refractivity contribution in [1.82, 2.24) is 10.6 Å². The summed E-state index contributed by atoms with van der Waals surface area (Å²) in [5.74, 6) is 2.34. The highest BCUT2D eigenvalue weighted by molar-refractivity contribution is 7.99. The normalized spacial score (nSPS) is 39.2. The molecule has 0 radical (unpaired) electrons. The molecule has 2 amide bonds.